The molecule has 2 rings (SSSR count). The summed E-state index contributed by atoms with van der Waals surface area (Å²) in [5.74, 6) is 6.95. The monoisotopic (exact) mass is 265 g/mol. The number of ether oxygens (including phenoxy) is 1. The highest BCUT2D eigenvalue weighted by molar-refractivity contribution is 5.34. The molecule has 102 valence electrons. The van der Waals surface area contributed by atoms with E-state index in [9.17, 15) is 0 Å². The molecule has 2 nitrogen and oxygen atoms in total. The first-order chi connectivity index (χ1) is 9.79. The first-order valence-corrected chi connectivity index (χ1v) is 6.73. The fourth-order valence-corrected chi connectivity index (χ4v) is 1.82. The van der Waals surface area contributed by atoms with E-state index in [4.69, 9.17) is 4.74 Å². The first kappa shape index (κ1) is 14.2. The Bertz CT molecular complexity index is 596. The summed E-state index contributed by atoms with van der Waals surface area (Å²) in [6.45, 7) is 2.51. The Labute approximate surface area is 120 Å². The fourth-order valence-electron chi connectivity index (χ4n) is 1.82. The van der Waals surface area contributed by atoms with Gasteiger partial charge in [-0.05, 0) is 43.8 Å². The molecule has 0 spiro atoms. The molecule has 0 saturated heterocycles. The van der Waals surface area contributed by atoms with Crippen LogP contribution in [0.4, 0.5) is 0 Å². The van der Waals surface area contributed by atoms with Crippen LogP contribution in [0.1, 0.15) is 24.1 Å². The van der Waals surface area contributed by atoms with Gasteiger partial charge in [-0.2, -0.15) is 0 Å². The third-order valence-corrected chi connectivity index (χ3v) is 3.11. The Kier molecular flexibility index (Phi) is 5.23. The molecule has 0 heterocycles. The van der Waals surface area contributed by atoms with Gasteiger partial charge >= 0.3 is 0 Å². The van der Waals surface area contributed by atoms with E-state index in [1.54, 1.807) is 0 Å². The minimum absolute atomic E-state index is 0.314. The quantitative estimate of drug-likeness (QED) is 0.856. The molecule has 2 aromatic carbocycles. The van der Waals surface area contributed by atoms with Crippen LogP contribution >= 0.6 is 0 Å². The topological polar surface area (TPSA) is 21.3 Å². The lowest BCUT2D eigenvalue weighted by atomic mass is 10.1. The van der Waals surface area contributed by atoms with Gasteiger partial charge in [0.15, 0.2) is 0 Å². The van der Waals surface area contributed by atoms with Gasteiger partial charge in [0.25, 0.3) is 0 Å². The molecule has 20 heavy (non-hydrogen) atoms. The molecular weight excluding hydrogens is 246 g/mol. The van der Waals surface area contributed by atoms with Crippen LogP contribution in [0.5, 0.6) is 5.75 Å². The van der Waals surface area contributed by atoms with E-state index < -0.39 is 0 Å². The average molecular weight is 265 g/mol. The average Bonchev–Trinajstić information content (AvgIpc) is 2.52. The van der Waals surface area contributed by atoms with Gasteiger partial charge in [-0.1, -0.05) is 42.2 Å². The summed E-state index contributed by atoms with van der Waals surface area (Å²) < 4.78 is 5.66. The lowest BCUT2D eigenvalue weighted by Crippen LogP contribution is -2.12. The van der Waals surface area contributed by atoms with E-state index in [0.717, 1.165) is 11.3 Å². The molecule has 1 unspecified atom stereocenters. The Balaban J connectivity index is 1.93. The summed E-state index contributed by atoms with van der Waals surface area (Å²) in [4.78, 5) is 0. The van der Waals surface area contributed by atoms with E-state index in [-0.39, 0.29) is 0 Å². The van der Waals surface area contributed by atoms with Crippen molar-refractivity contribution >= 4 is 0 Å². The van der Waals surface area contributed by atoms with Crippen molar-refractivity contribution in [2.45, 2.75) is 13.0 Å². The van der Waals surface area contributed by atoms with E-state index in [0.29, 0.717) is 12.6 Å². The summed E-state index contributed by atoms with van der Waals surface area (Å²) in [5.41, 5.74) is 2.22. The molecule has 0 amide bonds. The van der Waals surface area contributed by atoms with Crippen molar-refractivity contribution in [3.8, 4) is 17.6 Å². The molecule has 2 aromatic rings. The van der Waals surface area contributed by atoms with Crippen molar-refractivity contribution in [3.63, 3.8) is 0 Å². The van der Waals surface area contributed by atoms with Crippen LogP contribution in [0.25, 0.3) is 0 Å². The maximum atomic E-state index is 5.66. The Morgan fingerprint density at radius 1 is 1.10 bits per heavy atom. The van der Waals surface area contributed by atoms with Crippen molar-refractivity contribution < 1.29 is 4.74 Å². The van der Waals surface area contributed by atoms with Gasteiger partial charge < -0.3 is 10.1 Å². The van der Waals surface area contributed by atoms with E-state index in [1.165, 1.54) is 5.56 Å². The molecule has 1 N–H and O–H groups in total. The predicted molar refractivity (Wildman–Crippen MR) is 82.7 cm³/mol. The Morgan fingerprint density at radius 3 is 2.65 bits per heavy atom. The van der Waals surface area contributed by atoms with Crippen molar-refractivity contribution in [2.75, 3.05) is 13.7 Å². The third-order valence-electron chi connectivity index (χ3n) is 3.11. The highest BCUT2D eigenvalue weighted by atomic mass is 16.5. The van der Waals surface area contributed by atoms with Crippen LogP contribution in [-0.2, 0) is 0 Å². The van der Waals surface area contributed by atoms with Crippen molar-refractivity contribution in [1.82, 2.24) is 5.32 Å². The Morgan fingerprint density at radius 2 is 1.90 bits per heavy atom. The maximum Gasteiger partial charge on any atom is 0.149 e. The van der Waals surface area contributed by atoms with E-state index in [1.807, 2.05) is 55.6 Å². The summed E-state index contributed by atoms with van der Waals surface area (Å²) in [7, 11) is 1.95. The SMILES string of the molecule is CNC(C)c1cccc(OCC#Cc2ccccc2)c1. The van der Waals surface area contributed by atoms with Crippen LogP contribution in [0.15, 0.2) is 54.6 Å². The minimum atomic E-state index is 0.314. The number of benzene rings is 2. The summed E-state index contributed by atoms with van der Waals surface area (Å²) in [6, 6.07) is 18.3. The van der Waals surface area contributed by atoms with Crippen LogP contribution in [-0.4, -0.2) is 13.7 Å². The zero-order valence-corrected chi connectivity index (χ0v) is 11.9. The van der Waals surface area contributed by atoms with E-state index in [2.05, 4.69) is 30.1 Å². The molecule has 0 aliphatic heterocycles. The van der Waals surface area contributed by atoms with E-state index >= 15 is 0 Å². The number of hydrogen-bond donors (Lipinski definition) is 1. The highest BCUT2D eigenvalue weighted by Crippen LogP contribution is 2.18. The first-order valence-electron chi connectivity index (χ1n) is 6.73. The molecule has 0 fully saturated rings. The van der Waals surface area contributed by atoms with Crippen LogP contribution in [0.3, 0.4) is 0 Å². The Hall–Kier alpha value is -2.24. The van der Waals surface area contributed by atoms with Crippen molar-refractivity contribution in [3.05, 3.63) is 65.7 Å². The fraction of sp³-hybridized carbons (Fsp3) is 0.222. The van der Waals surface area contributed by atoms with Gasteiger partial charge in [-0.25, -0.2) is 0 Å². The normalized spacial score (nSPS) is 11.3. The van der Waals surface area contributed by atoms with Crippen molar-refractivity contribution in [2.24, 2.45) is 0 Å². The smallest absolute Gasteiger partial charge is 0.149 e. The lowest BCUT2D eigenvalue weighted by molar-refractivity contribution is 0.369. The lowest BCUT2D eigenvalue weighted by Gasteiger charge is -2.11. The molecule has 0 aliphatic carbocycles. The van der Waals surface area contributed by atoms with Gasteiger partial charge in [0.05, 0.1) is 0 Å². The summed E-state index contributed by atoms with van der Waals surface area (Å²) >= 11 is 0. The highest BCUT2D eigenvalue weighted by Gasteiger charge is 2.02. The zero-order valence-electron chi connectivity index (χ0n) is 11.9. The maximum absolute atomic E-state index is 5.66. The number of rotatable bonds is 4. The van der Waals surface area contributed by atoms with Gasteiger partial charge in [-0.3, -0.25) is 0 Å². The second-order valence-corrected chi connectivity index (χ2v) is 4.54. The molecule has 2 heteroatoms. The van der Waals surface area contributed by atoms with Gasteiger partial charge in [0.2, 0.25) is 0 Å². The largest absolute Gasteiger partial charge is 0.481 e. The third kappa shape index (κ3) is 4.15. The molecular formula is C18H19NO. The molecule has 0 bridgehead atoms. The molecule has 0 radical (unpaired) electrons. The second kappa shape index (κ2) is 7.37. The van der Waals surface area contributed by atoms with Crippen LogP contribution < -0.4 is 10.1 Å². The standard InChI is InChI=1S/C18H19NO/c1-15(19-2)17-11-6-12-18(14-17)20-13-7-10-16-8-4-3-5-9-16/h3-6,8-9,11-12,14-15,19H,13H2,1-2H3. The van der Waals surface area contributed by atoms with Gasteiger partial charge in [-0.15, -0.1) is 0 Å². The number of hydrogen-bond acceptors (Lipinski definition) is 2. The summed E-state index contributed by atoms with van der Waals surface area (Å²) in [5, 5.41) is 3.21. The molecule has 0 aromatic heterocycles. The minimum Gasteiger partial charge on any atom is -0.481 e. The van der Waals surface area contributed by atoms with Gasteiger partial charge in [0, 0.05) is 11.6 Å². The zero-order chi connectivity index (χ0) is 14.2. The van der Waals surface area contributed by atoms with Crippen LogP contribution in [0.2, 0.25) is 0 Å². The molecule has 0 aliphatic rings. The predicted octanol–water partition coefficient (Wildman–Crippen LogP) is 3.40. The van der Waals surface area contributed by atoms with Gasteiger partial charge in [0.1, 0.15) is 12.4 Å². The van der Waals surface area contributed by atoms with Crippen LogP contribution in [0, 0.1) is 11.8 Å². The molecule has 0 saturated carbocycles. The summed E-state index contributed by atoms with van der Waals surface area (Å²) in [6.07, 6.45) is 0. The number of nitrogens with one attached hydrogen (secondary N) is 1. The molecule has 1 atom stereocenters. The second-order valence-electron chi connectivity index (χ2n) is 4.54. The van der Waals surface area contributed by atoms with Crippen molar-refractivity contribution in [1.29, 1.82) is 0 Å².